The summed E-state index contributed by atoms with van der Waals surface area (Å²) < 4.78 is 4.96. The molecule has 0 radical (unpaired) electrons. The van der Waals surface area contributed by atoms with E-state index in [4.69, 9.17) is 0 Å². The monoisotopic (exact) mass is 570 g/mol. The molecule has 7 heteroatoms. The summed E-state index contributed by atoms with van der Waals surface area (Å²) in [7, 11) is 0. The van der Waals surface area contributed by atoms with E-state index >= 15 is 0 Å². The van der Waals surface area contributed by atoms with Crippen molar-refractivity contribution in [3.05, 3.63) is 131 Å². The molecule has 0 aliphatic carbocycles. The van der Waals surface area contributed by atoms with Crippen LogP contribution in [0.3, 0.4) is 0 Å². The van der Waals surface area contributed by atoms with Gasteiger partial charge in [-0.3, -0.25) is 0 Å². The van der Waals surface area contributed by atoms with Gasteiger partial charge in [0.05, 0.1) is 24.1 Å². The molecule has 0 saturated carbocycles. The van der Waals surface area contributed by atoms with Gasteiger partial charge in [-0.15, -0.1) is 10.2 Å². The molecule has 7 aromatic rings. The van der Waals surface area contributed by atoms with Crippen molar-refractivity contribution in [2.75, 3.05) is 0 Å². The summed E-state index contributed by atoms with van der Waals surface area (Å²) in [5.41, 5.74) is 10.9. The first kappa shape index (κ1) is 23.5. The molecule has 2 aromatic heterocycles. The highest BCUT2D eigenvalue weighted by Crippen LogP contribution is 2.37. The first-order valence-electron chi connectivity index (χ1n) is 12.8. The zero-order chi connectivity index (χ0) is 26.2. The van der Waals surface area contributed by atoms with E-state index in [2.05, 4.69) is 115 Å². The summed E-state index contributed by atoms with van der Waals surface area (Å²) in [5.74, 6) is 0. The van der Waals surface area contributed by atoms with Crippen LogP contribution in [0.15, 0.2) is 120 Å². The van der Waals surface area contributed by atoms with Crippen molar-refractivity contribution in [2.45, 2.75) is 13.1 Å². The first-order chi connectivity index (χ1) is 19.2. The summed E-state index contributed by atoms with van der Waals surface area (Å²) in [6.45, 7) is 1.36. The van der Waals surface area contributed by atoms with E-state index < -0.39 is 0 Å². The Labute approximate surface area is 233 Å². The van der Waals surface area contributed by atoms with Gasteiger partial charge in [0.2, 0.25) is 0 Å². The fraction of sp³-hybridized carbons (Fsp3) is 0.0625. The Kier molecular flexibility index (Phi) is 5.98. The molecule has 0 atom stereocenters. The molecular weight excluding hydrogens is 548 g/mol. The first-order valence-corrected chi connectivity index (χ1v) is 13.6. The van der Waals surface area contributed by atoms with Gasteiger partial charge in [-0.25, -0.2) is 9.36 Å². The Morgan fingerprint density at radius 2 is 0.923 bits per heavy atom. The van der Waals surface area contributed by atoms with E-state index in [1.807, 2.05) is 45.8 Å². The molecular formula is C32H23BrN6. The second-order valence-corrected chi connectivity index (χ2v) is 10.3. The van der Waals surface area contributed by atoms with Crippen molar-refractivity contribution >= 4 is 38.0 Å². The fourth-order valence-corrected chi connectivity index (χ4v) is 5.69. The smallest absolute Gasteiger partial charge is 0.113 e. The van der Waals surface area contributed by atoms with Gasteiger partial charge >= 0.3 is 0 Å². The van der Waals surface area contributed by atoms with Gasteiger partial charge in [0.1, 0.15) is 11.0 Å². The van der Waals surface area contributed by atoms with Crippen LogP contribution in [0.2, 0.25) is 0 Å². The summed E-state index contributed by atoms with van der Waals surface area (Å²) in [5, 5.41) is 17.2. The lowest BCUT2D eigenvalue weighted by molar-refractivity contribution is 0.670. The predicted octanol–water partition coefficient (Wildman–Crippen LogP) is 7.37. The molecule has 2 heterocycles. The van der Waals surface area contributed by atoms with Crippen LogP contribution < -0.4 is 0 Å². The van der Waals surface area contributed by atoms with Gasteiger partial charge in [0.15, 0.2) is 0 Å². The van der Waals surface area contributed by atoms with Gasteiger partial charge < -0.3 is 0 Å². The second-order valence-electron chi connectivity index (χ2n) is 9.53. The maximum atomic E-state index is 4.32. The predicted molar refractivity (Wildman–Crippen MR) is 158 cm³/mol. The Hall–Kier alpha value is -4.62. The molecule has 7 rings (SSSR count). The lowest BCUT2D eigenvalue weighted by atomic mass is 9.97. The molecule has 188 valence electrons. The second kappa shape index (κ2) is 9.93. The number of nitrogens with zero attached hydrogens (tertiary/aromatic N) is 6. The molecule has 0 N–H and O–H groups in total. The van der Waals surface area contributed by atoms with Crippen molar-refractivity contribution in [1.29, 1.82) is 0 Å². The number of para-hydroxylation sites is 2. The molecule has 0 aliphatic rings. The van der Waals surface area contributed by atoms with Crippen molar-refractivity contribution in [2.24, 2.45) is 0 Å². The van der Waals surface area contributed by atoms with Crippen LogP contribution in [0.1, 0.15) is 11.1 Å². The van der Waals surface area contributed by atoms with E-state index in [0.717, 1.165) is 48.8 Å². The Balaban J connectivity index is 1.12. The Bertz CT molecular complexity index is 1780. The Morgan fingerprint density at radius 1 is 0.487 bits per heavy atom. The van der Waals surface area contributed by atoms with Crippen LogP contribution in [0.4, 0.5) is 0 Å². The summed E-state index contributed by atoms with van der Waals surface area (Å²) in [6.07, 6.45) is 0. The lowest BCUT2D eigenvalue weighted by Gasteiger charge is -2.12. The molecule has 0 spiro atoms. The molecule has 6 nitrogen and oxygen atoms in total. The van der Waals surface area contributed by atoms with Gasteiger partial charge in [-0.05, 0) is 73.6 Å². The zero-order valence-electron chi connectivity index (χ0n) is 20.9. The SMILES string of the molecule is Brc1c(-c2ccc(Cn3nnc4ccccc43)cc2)cccc1-c1ccc(Cn2nnc3ccccc32)cc1. The highest BCUT2D eigenvalue weighted by molar-refractivity contribution is 9.10. The highest BCUT2D eigenvalue weighted by Gasteiger charge is 2.11. The quantitative estimate of drug-likeness (QED) is 0.209. The van der Waals surface area contributed by atoms with Gasteiger partial charge in [-0.1, -0.05) is 101 Å². The van der Waals surface area contributed by atoms with E-state index in [0.29, 0.717) is 13.1 Å². The van der Waals surface area contributed by atoms with Crippen LogP contribution in [0.25, 0.3) is 44.3 Å². The molecule has 0 fully saturated rings. The maximum absolute atomic E-state index is 4.32. The maximum Gasteiger partial charge on any atom is 0.113 e. The fourth-order valence-electron chi connectivity index (χ4n) is 4.97. The van der Waals surface area contributed by atoms with E-state index in [1.54, 1.807) is 0 Å². The molecule has 0 amide bonds. The topological polar surface area (TPSA) is 61.4 Å². The third-order valence-electron chi connectivity index (χ3n) is 7.03. The van der Waals surface area contributed by atoms with Crippen LogP contribution in [0, 0.1) is 0 Å². The van der Waals surface area contributed by atoms with E-state index in [-0.39, 0.29) is 0 Å². The van der Waals surface area contributed by atoms with Crippen molar-refractivity contribution < 1.29 is 0 Å². The zero-order valence-corrected chi connectivity index (χ0v) is 22.5. The van der Waals surface area contributed by atoms with Crippen LogP contribution >= 0.6 is 15.9 Å². The minimum Gasteiger partial charge on any atom is -0.240 e. The number of rotatable bonds is 6. The third kappa shape index (κ3) is 4.51. The lowest BCUT2D eigenvalue weighted by Crippen LogP contribution is -2.01. The summed E-state index contributed by atoms with van der Waals surface area (Å²) in [6, 6.07) is 39.8. The number of halogens is 1. The number of benzene rings is 5. The van der Waals surface area contributed by atoms with Crippen LogP contribution in [-0.4, -0.2) is 30.0 Å². The Morgan fingerprint density at radius 3 is 1.38 bits per heavy atom. The van der Waals surface area contributed by atoms with Crippen molar-refractivity contribution in [3.8, 4) is 22.3 Å². The van der Waals surface area contributed by atoms with Gasteiger partial charge in [-0.2, -0.15) is 0 Å². The standard InChI is InChI=1S/C32H23BrN6/c33-32-26(24-16-12-22(13-17-24)20-38-30-10-3-1-8-28(30)34-36-38)6-5-7-27(32)25-18-14-23(15-19-25)21-39-31-11-4-2-9-29(31)35-37-39/h1-19H,20-21H2. The normalized spacial score (nSPS) is 11.4. The third-order valence-corrected chi connectivity index (χ3v) is 7.89. The molecule has 0 saturated heterocycles. The minimum atomic E-state index is 0.679. The molecule has 0 aliphatic heterocycles. The van der Waals surface area contributed by atoms with E-state index in [1.165, 1.54) is 11.1 Å². The van der Waals surface area contributed by atoms with Crippen LogP contribution in [-0.2, 0) is 13.1 Å². The number of hydrogen-bond acceptors (Lipinski definition) is 4. The van der Waals surface area contributed by atoms with Gasteiger partial charge in [0, 0.05) is 4.47 Å². The van der Waals surface area contributed by atoms with E-state index in [9.17, 15) is 0 Å². The molecule has 39 heavy (non-hydrogen) atoms. The average molecular weight is 571 g/mol. The molecule has 5 aromatic carbocycles. The average Bonchev–Trinajstić information content (AvgIpc) is 3.58. The summed E-state index contributed by atoms with van der Waals surface area (Å²) >= 11 is 3.90. The molecule has 0 bridgehead atoms. The van der Waals surface area contributed by atoms with Gasteiger partial charge in [0.25, 0.3) is 0 Å². The minimum absolute atomic E-state index is 0.679. The van der Waals surface area contributed by atoms with Crippen molar-refractivity contribution in [3.63, 3.8) is 0 Å². The number of hydrogen-bond donors (Lipinski definition) is 0. The highest BCUT2D eigenvalue weighted by atomic mass is 79.9. The molecule has 0 unspecified atom stereocenters. The number of aromatic nitrogens is 6. The summed E-state index contributed by atoms with van der Waals surface area (Å²) in [4.78, 5) is 0. The van der Waals surface area contributed by atoms with Crippen molar-refractivity contribution in [1.82, 2.24) is 30.0 Å². The number of fused-ring (bicyclic) bond motifs is 2. The largest absolute Gasteiger partial charge is 0.240 e. The van der Waals surface area contributed by atoms with Crippen LogP contribution in [0.5, 0.6) is 0 Å².